The highest BCUT2D eigenvalue weighted by Crippen LogP contribution is 2.40. The molecule has 5 fully saturated rings. The monoisotopic (exact) mass is 1780 g/mol. The van der Waals surface area contributed by atoms with Gasteiger partial charge in [0.25, 0.3) is 0 Å². The Bertz CT molecular complexity index is 3340. The van der Waals surface area contributed by atoms with Crippen LogP contribution in [0.2, 0.25) is 0 Å². The molecule has 27 unspecified atom stereocenters. The summed E-state index contributed by atoms with van der Waals surface area (Å²) in [4.78, 5) is 165. The molecule has 0 aromatic heterocycles. The highest BCUT2D eigenvalue weighted by atomic mass is 16.8. The van der Waals surface area contributed by atoms with Crippen LogP contribution in [0.4, 0.5) is 0 Å². The molecule has 27 atom stereocenters. The molecule has 0 bridgehead atoms. The van der Waals surface area contributed by atoms with E-state index in [0.29, 0.717) is 44.9 Å². The first-order chi connectivity index (χ1) is 58.8. The second-order valence-electron chi connectivity index (χ2n) is 31.8. The third-order valence-corrected chi connectivity index (χ3v) is 21.4. The highest BCUT2D eigenvalue weighted by Gasteiger charge is 2.60. The molecule has 5 heterocycles. The molecule has 1 amide bonds. The number of carbonyl (C=O) groups is 13. The second kappa shape index (κ2) is 55.4. The molecule has 5 rings (SSSR count). The normalized spacial score (nSPS) is 30.0. The Morgan fingerprint density at radius 2 is 0.734 bits per heavy atom. The van der Waals surface area contributed by atoms with Gasteiger partial charge < -0.3 is 135 Å². The number of carbonyl (C=O) groups excluding carboxylic acids is 12. The van der Waals surface area contributed by atoms with Gasteiger partial charge >= 0.3 is 65.7 Å². The summed E-state index contributed by atoms with van der Waals surface area (Å²) in [5.74, 6) is -10.6. The Morgan fingerprint density at radius 3 is 1.15 bits per heavy atom. The maximum absolute atomic E-state index is 13.2. The summed E-state index contributed by atoms with van der Waals surface area (Å²) >= 11 is 0. The number of aliphatic hydroxyl groups excluding tert-OH is 6. The van der Waals surface area contributed by atoms with Crippen LogP contribution in [0.25, 0.3) is 0 Å². The lowest BCUT2D eigenvalue weighted by atomic mass is 9.95. The van der Waals surface area contributed by atoms with Gasteiger partial charge in [-0.15, -0.1) is 0 Å². The number of ketones is 1. The van der Waals surface area contributed by atoms with E-state index in [2.05, 4.69) is 0 Å². The van der Waals surface area contributed by atoms with E-state index < -0.39 is 264 Å². The Balaban J connectivity index is 1.37. The Kier molecular flexibility index (Phi) is 47.9. The van der Waals surface area contributed by atoms with E-state index in [1.807, 2.05) is 6.92 Å². The number of hydrogen-bond donors (Lipinski definition) is 7. The number of esters is 10. The van der Waals surface area contributed by atoms with E-state index in [-0.39, 0.29) is 24.5 Å². The van der Waals surface area contributed by atoms with Gasteiger partial charge in [-0.3, -0.25) is 57.5 Å². The van der Waals surface area contributed by atoms with Gasteiger partial charge in [0.2, 0.25) is 5.91 Å². The lowest BCUT2D eigenvalue weighted by Gasteiger charge is -2.50. The summed E-state index contributed by atoms with van der Waals surface area (Å²) in [5.41, 5.74) is 0. The van der Waals surface area contributed by atoms with Gasteiger partial charge in [0, 0.05) is 95.5 Å². The average Bonchev–Trinajstić information content (AvgIpc) is 0.765. The zero-order valence-electron chi connectivity index (χ0n) is 73.4. The molecule has 5 aliphatic rings. The fraction of sp³-hybridized carbons (Fsp3) is 0.843. The zero-order chi connectivity index (χ0) is 92.0. The number of amides is 1. The van der Waals surface area contributed by atoms with Gasteiger partial charge in [0.05, 0.1) is 19.3 Å². The van der Waals surface area contributed by atoms with E-state index in [1.165, 1.54) is 25.8 Å². The standard InChI is InChI=1S/C83H133NO40/c1-14-15-36-58(57(109-48(6)89)37-32-28-25-24-27-31-35-55(96)34-30-26-22-20-18-16-17-19-21-23-29-33-38-63(98)84(13)44(2)78(103)104)116-79-66(101)65(100)69(60(118-79)41-105-45(3)86)122-81-75(124-83-77(115-54(12)95)74(113-52(10)93)71(111-50(8)91)62(120-83)43-107-47(5)88)68(56(97)40-108-81)121-80-67(102)72(64(99)59(39-85)117-80)123-82-76(114-53(11)94)73(112-51(9)92)70(110-49(7)90)61(119-82)42-106-46(4)87/h44,56-62,64-77,79-83,85,97,99-102H,14-43H2,1-13H3,(H,103,104). The van der Waals surface area contributed by atoms with Crippen molar-refractivity contribution >= 4 is 77.4 Å². The van der Waals surface area contributed by atoms with Crippen LogP contribution >= 0.6 is 0 Å². The first kappa shape index (κ1) is 107. The van der Waals surface area contributed by atoms with Gasteiger partial charge in [-0.25, -0.2) is 4.79 Å². The molecular weight excluding hydrogens is 1650 g/mol. The maximum atomic E-state index is 13.2. The number of Topliss-reactive ketones (excluding diaryl/α,β-unsaturated/α-hetero) is 1. The van der Waals surface area contributed by atoms with Gasteiger partial charge in [-0.2, -0.15) is 0 Å². The summed E-state index contributed by atoms with van der Waals surface area (Å²) in [6, 6.07) is -0.844. The second-order valence-corrected chi connectivity index (χ2v) is 31.8. The molecule has 0 radical (unpaired) electrons. The van der Waals surface area contributed by atoms with Crippen molar-refractivity contribution in [2.45, 2.75) is 409 Å². The number of unbranched alkanes of at least 4 members (excludes halogenated alkanes) is 17. The van der Waals surface area contributed by atoms with Crippen LogP contribution < -0.4 is 0 Å². The fourth-order valence-corrected chi connectivity index (χ4v) is 15.1. The number of likely N-dealkylation sites (N-methyl/N-ethyl adjacent to an activating group) is 1. The highest BCUT2D eigenvalue weighted by molar-refractivity contribution is 5.83. The van der Waals surface area contributed by atoms with Gasteiger partial charge in [0.15, 0.2) is 68.1 Å². The number of aliphatic carboxylic acids is 1. The number of aliphatic hydroxyl groups is 6. The van der Waals surface area contributed by atoms with Crippen LogP contribution in [0.15, 0.2) is 0 Å². The van der Waals surface area contributed by atoms with Crippen LogP contribution in [-0.4, -0.2) is 324 Å². The molecule has 0 spiro atoms. The third-order valence-electron chi connectivity index (χ3n) is 21.4. The first-order valence-corrected chi connectivity index (χ1v) is 42.9. The maximum Gasteiger partial charge on any atom is 0.326 e. The van der Waals surface area contributed by atoms with E-state index in [4.69, 9.17) is 99.8 Å². The first-order valence-electron chi connectivity index (χ1n) is 42.9. The van der Waals surface area contributed by atoms with Crippen LogP contribution in [0.1, 0.15) is 244 Å². The smallest absolute Gasteiger partial charge is 0.326 e. The molecule has 41 heteroatoms. The van der Waals surface area contributed by atoms with Crippen LogP contribution in [0.3, 0.4) is 0 Å². The lowest BCUT2D eigenvalue weighted by Crippen LogP contribution is -2.68. The molecule has 5 aliphatic heterocycles. The van der Waals surface area contributed by atoms with Crippen molar-refractivity contribution in [3.05, 3.63) is 0 Å². The minimum Gasteiger partial charge on any atom is -0.480 e. The van der Waals surface area contributed by atoms with Gasteiger partial charge in [-0.1, -0.05) is 110 Å². The summed E-state index contributed by atoms with van der Waals surface area (Å²) in [6.45, 7) is 8.96. The number of hydrogen-bond acceptors (Lipinski definition) is 39. The minimum absolute atomic E-state index is 0.153. The van der Waals surface area contributed by atoms with Crippen LogP contribution in [0.5, 0.6) is 0 Å². The predicted octanol–water partition coefficient (Wildman–Crippen LogP) is 3.45. The minimum atomic E-state index is -2.40. The average molecular weight is 1780 g/mol. The van der Waals surface area contributed by atoms with Gasteiger partial charge in [-0.05, 0) is 45.4 Å². The summed E-state index contributed by atoms with van der Waals surface area (Å²) in [5, 5.41) is 81.4. The molecule has 0 aromatic rings. The number of carboxylic acid groups (broad SMARTS) is 1. The van der Waals surface area contributed by atoms with E-state index in [9.17, 15) is 93.0 Å². The molecule has 0 aromatic carbocycles. The molecule has 5 saturated heterocycles. The number of nitrogens with zero attached hydrogens (tertiary/aromatic N) is 1. The molecule has 124 heavy (non-hydrogen) atoms. The van der Waals surface area contributed by atoms with Crippen molar-refractivity contribution in [3.8, 4) is 0 Å². The molecule has 0 saturated carbocycles. The molecular formula is C83H133NO40. The van der Waals surface area contributed by atoms with Crippen molar-refractivity contribution in [2.24, 2.45) is 0 Å². The summed E-state index contributed by atoms with van der Waals surface area (Å²) in [6.07, 6.45) is -30.4. The predicted molar refractivity (Wildman–Crippen MR) is 421 cm³/mol. The Labute approximate surface area is 721 Å². The molecule has 41 nitrogen and oxygen atoms in total. The molecule has 710 valence electrons. The Morgan fingerprint density at radius 1 is 0.363 bits per heavy atom. The Hall–Kier alpha value is -7.33. The number of carboxylic acids is 1. The van der Waals surface area contributed by atoms with Crippen molar-refractivity contribution in [1.29, 1.82) is 0 Å². The topological polar surface area (TPSA) is 551 Å². The lowest BCUT2D eigenvalue weighted by molar-refractivity contribution is -0.402. The SMILES string of the molecule is CCCCC(OC1OC(COC(C)=O)C(OC2OCC(O)C(OC3OC(CO)C(O)C(OC4OC(COC(C)=O)C(OC(C)=O)C(OC(C)=O)C4OC(C)=O)C3O)C2OC2OC(COC(C)=O)C(OC(C)=O)C(OC(C)=O)C2OC(C)=O)C(O)C1O)C(CCCCCCCCC(=O)CCCCCCCCCCCCCCC(=O)N(C)C(C)C(=O)O)OC(C)=O. The van der Waals surface area contributed by atoms with Crippen molar-refractivity contribution < 1.29 is 193 Å². The molecule has 0 aliphatic carbocycles. The quantitative estimate of drug-likeness (QED) is 0.0260. The van der Waals surface area contributed by atoms with E-state index in [0.717, 1.165) is 165 Å². The number of rotatable bonds is 54. The third kappa shape index (κ3) is 36.1. The summed E-state index contributed by atoms with van der Waals surface area (Å²) in [7, 11) is 1.52. The largest absolute Gasteiger partial charge is 0.480 e. The van der Waals surface area contributed by atoms with Crippen LogP contribution in [0, 0.1) is 0 Å². The zero-order valence-corrected chi connectivity index (χ0v) is 73.4. The van der Waals surface area contributed by atoms with E-state index >= 15 is 0 Å². The van der Waals surface area contributed by atoms with Crippen LogP contribution in [-0.2, 0) is 157 Å². The summed E-state index contributed by atoms with van der Waals surface area (Å²) < 4.78 is 119. The fourth-order valence-electron chi connectivity index (χ4n) is 15.1. The van der Waals surface area contributed by atoms with Crippen molar-refractivity contribution in [1.82, 2.24) is 4.90 Å². The molecule has 7 N–H and O–H groups in total. The van der Waals surface area contributed by atoms with E-state index in [1.54, 1.807) is 0 Å². The van der Waals surface area contributed by atoms with Crippen molar-refractivity contribution in [3.63, 3.8) is 0 Å². The van der Waals surface area contributed by atoms with Gasteiger partial charge in [0.1, 0.15) is 117 Å². The number of ether oxygens (including phenoxy) is 20. The van der Waals surface area contributed by atoms with Crippen molar-refractivity contribution in [2.75, 3.05) is 40.1 Å².